The van der Waals surface area contributed by atoms with Crippen molar-refractivity contribution >= 4 is 0 Å². The summed E-state index contributed by atoms with van der Waals surface area (Å²) in [4.78, 5) is 4.10. The average molecular weight is 284 g/mol. The second kappa shape index (κ2) is 8.55. The zero-order valence-electron chi connectivity index (χ0n) is 12.6. The number of rotatable bonds is 8. The Morgan fingerprint density at radius 2 is 1.71 bits per heavy atom. The van der Waals surface area contributed by atoms with Crippen molar-refractivity contribution in [2.75, 3.05) is 13.2 Å². The molecule has 0 fully saturated rings. The van der Waals surface area contributed by atoms with Gasteiger partial charge in [0.25, 0.3) is 0 Å². The molecule has 0 spiro atoms. The lowest BCUT2D eigenvalue weighted by Crippen LogP contribution is -2.28. The number of aliphatic hydroxyl groups is 1. The number of aromatic nitrogens is 1. The molecule has 2 atom stereocenters. The lowest BCUT2D eigenvalue weighted by atomic mass is 9.97. The van der Waals surface area contributed by atoms with Gasteiger partial charge in [-0.1, -0.05) is 43.7 Å². The van der Waals surface area contributed by atoms with Crippen LogP contribution in [0.1, 0.15) is 36.9 Å². The highest BCUT2D eigenvalue weighted by molar-refractivity contribution is 5.30. The molecule has 0 saturated heterocycles. The molecule has 0 aliphatic heterocycles. The Kier molecular flexibility index (Phi) is 6.38. The van der Waals surface area contributed by atoms with E-state index in [9.17, 15) is 0 Å². The summed E-state index contributed by atoms with van der Waals surface area (Å²) in [6.45, 7) is 3.33. The first kappa shape index (κ1) is 15.7. The highest BCUT2D eigenvalue weighted by atomic mass is 16.3. The monoisotopic (exact) mass is 284 g/mol. The van der Waals surface area contributed by atoms with Crippen LogP contribution in [-0.2, 0) is 0 Å². The van der Waals surface area contributed by atoms with Crippen molar-refractivity contribution in [3.05, 3.63) is 66.0 Å². The first-order valence-corrected chi connectivity index (χ1v) is 7.64. The third-order valence-corrected chi connectivity index (χ3v) is 3.90. The third-order valence-electron chi connectivity index (χ3n) is 3.90. The molecule has 1 heterocycles. The van der Waals surface area contributed by atoms with E-state index in [1.165, 1.54) is 11.1 Å². The lowest BCUT2D eigenvalue weighted by Gasteiger charge is -2.23. The van der Waals surface area contributed by atoms with Gasteiger partial charge in [-0.05, 0) is 42.1 Å². The maximum absolute atomic E-state index is 9.13. The van der Waals surface area contributed by atoms with Crippen molar-refractivity contribution in [1.82, 2.24) is 10.3 Å². The van der Waals surface area contributed by atoms with Crippen LogP contribution in [0.15, 0.2) is 54.9 Å². The summed E-state index contributed by atoms with van der Waals surface area (Å²) in [6.07, 6.45) is 5.59. The van der Waals surface area contributed by atoms with E-state index in [0.29, 0.717) is 5.92 Å². The molecule has 21 heavy (non-hydrogen) atoms. The topological polar surface area (TPSA) is 45.1 Å². The fraction of sp³-hybridized carbons (Fsp3) is 0.389. The van der Waals surface area contributed by atoms with E-state index in [1.54, 1.807) is 0 Å². The summed E-state index contributed by atoms with van der Waals surface area (Å²) in [6, 6.07) is 14.7. The van der Waals surface area contributed by atoms with Gasteiger partial charge >= 0.3 is 0 Å². The first-order chi connectivity index (χ1) is 10.3. The molecule has 2 N–H and O–H groups in total. The maximum atomic E-state index is 9.13. The van der Waals surface area contributed by atoms with Gasteiger partial charge < -0.3 is 10.4 Å². The van der Waals surface area contributed by atoms with Gasteiger partial charge in [0.15, 0.2) is 0 Å². The van der Waals surface area contributed by atoms with E-state index in [0.717, 1.165) is 19.4 Å². The Hall–Kier alpha value is -1.71. The molecule has 0 aliphatic rings. The van der Waals surface area contributed by atoms with Crippen molar-refractivity contribution < 1.29 is 5.11 Å². The Bertz CT molecular complexity index is 462. The molecule has 3 heteroatoms. The Balaban J connectivity index is 2.13. The Morgan fingerprint density at radius 3 is 2.33 bits per heavy atom. The van der Waals surface area contributed by atoms with E-state index in [4.69, 9.17) is 5.11 Å². The van der Waals surface area contributed by atoms with E-state index in [2.05, 4.69) is 53.6 Å². The zero-order chi connectivity index (χ0) is 14.9. The summed E-state index contributed by atoms with van der Waals surface area (Å²) >= 11 is 0. The lowest BCUT2D eigenvalue weighted by molar-refractivity contribution is 0.250. The molecule has 112 valence electrons. The van der Waals surface area contributed by atoms with Gasteiger partial charge in [-0.3, -0.25) is 4.98 Å². The SMILES string of the molecule is CCC(CCO)CNC(c1ccccc1)c1ccncc1. The standard InChI is InChI=1S/C18H24N2O/c1-2-15(10-13-21)14-20-18(16-6-4-3-5-7-16)17-8-11-19-12-9-17/h3-9,11-12,15,18,20-21H,2,10,13-14H2,1H3. The zero-order valence-corrected chi connectivity index (χ0v) is 12.6. The van der Waals surface area contributed by atoms with Crippen LogP contribution >= 0.6 is 0 Å². The van der Waals surface area contributed by atoms with Crippen molar-refractivity contribution in [3.63, 3.8) is 0 Å². The Morgan fingerprint density at radius 1 is 1.05 bits per heavy atom. The summed E-state index contributed by atoms with van der Waals surface area (Å²) in [5, 5.41) is 12.8. The molecule has 0 saturated carbocycles. The van der Waals surface area contributed by atoms with Crippen LogP contribution in [0.3, 0.4) is 0 Å². The van der Waals surface area contributed by atoms with Gasteiger partial charge in [0.1, 0.15) is 0 Å². The smallest absolute Gasteiger partial charge is 0.0577 e. The van der Waals surface area contributed by atoms with Crippen molar-refractivity contribution in [2.45, 2.75) is 25.8 Å². The largest absolute Gasteiger partial charge is 0.396 e. The van der Waals surface area contributed by atoms with Crippen LogP contribution < -0.4 is 5.32 Å². The molecule has 0 radical (unpaired) electrons. The highest BCUT2D eigenvalue weighted by Gasteiger charge is 2.15. The molecule has 0 aliphatic carbocycles. The van der Waals surface area contributed by atoms with E-state index in [-0.39, 0.29) is 12.6 Å². The molecule has 0 bridgehead atoms. The predicted octanol–water partition coefficient (Wildman–Crippen LogP) is 3.17. The van der Waals surface area contributed by atoms with Gasteiger partial charge in [0.05, 0.1) is 6.04 Å². The number of aliphatic hydroxyl groups excluding tert-OH is 1. The van der Waals surface area contributed by atoms with E-state index in [1.807, 2.05) is 18.5 Å². The summed E-state index contributed by atoms with van der Waals surface area (Å²) in [5.41, 5.74) is 2.47. The number of nitrogens with one attached hydrogen (secondary N) is 1. The second-order valence-electron chi connectivity index (χ2n) is 5.32. The third kappa shape index (κ3) is 4.66. The molecule has 0 amide bonds. The predicted molar refractivity (Wildman–Crippen MR) is 86.0 cm³/mol. The normalized spacial score (nSPS) is 13.8. The number of pyridine rings is 1. The van der Waals surface area contributed by atoms with Gasteiger partial charge in [0.2, 0.25) is 0 Å². The quantitative estimate of drug-likeness (QED) is 0.782. The minimum atomic E-state index is 0.168. The maximum Gasteiger partial charge on any atom is 0.0577 e. The summed E-state index contributed by atoms with van der Waals surface area (Å²) in [5.74, 6) is 0.503. The second-order valence-corrected chi connectivity index (χ2v) is 5.32. The van der Waals surface area contributed by atoms with Gasteiger partial charge in [-0.25, -0.2) is 0 Å². The number of nitrogens with zero attached hydrogens (tertiary/aromatic N) is 1. The molecular weight excluding hydrogens is 260 g/mol. The van der Waals surface area contributed by atoms with Gasteiger partial charge in [-0.2, -0.15) is 0 Å². The van der Waals surface area contributed by atoms with Gasteiger partial charge in [-0.15, -0.1) is 0 Å². The van der Waals surface area contributed by atoms with Crippen molar-refractivity contribution in [2.24, 2.45) is 5.92 Å². The molecule has 2 aromatic rings. The minimum Gasteiger partial charge on any atom is -0.396 e. The fourth-order valence-electron chi connectivity index (χ4n) is 2.55. The van der Waals surface area contributed by atoms with Crippen LogP contribution in [0.25, 0.3) is 0 Å². The Labute approximate surface area is 127 Å². The van der Waals surface area contributed by atoms with Gasteiger partial charge in [0, 0.05) is 19.0 Å². The van der Waals surface area contributed by atoms with E-state index >= 15 is 0 Å². The van der Waals surface area contributed by atoms with E-state index < -0.39 is 0 Å². The van der Waals surface area contributed by atoms with Crippen LogP contribution in [0, 0.1) is 5.92 Å². The molecule has 1 aromatic heterocycles. The number of benzene rings is 1. The van der Waals surface area contributed by atoms with Crippen molar-refractivity contribution in [1.29, 1.82) is 0 Å². The van der Waals surface area contributed by atoms with Crippen LogP contribution in [0.2, 0.25) is 0 Å². The molecule has 2 unspecified atom stereocenters. The average Bonchev–Trinajstić information content (AvgIpc) is 2.56. The minimum absolute atomic E-state index is 0.168. The fourth-order valence-corrected chi connectivity index (χ4v) is 2.55. The number of hydrogen-bond acceptors (Lipinski definition) is 3. The summed E-state index contributed by atoms with van der Waals surface area (Å²) < 4.78 is 0. The van der Waals surface area contributed by atoms with Crippen LogP contribution in [0.4, 0.5) is 0 Å². The molecule has 2 rings (SSSR count). The molecule has 1 aromatic carbocycles. The molecule has 3 nitrogen and oxygen atoms in total. The summed E-state index contributed by atoms with van der Waals surface area (Å²) in [7, 11) is 0. The van der Waals surface area contributed by atoms with Crippen LogP contribution in [-0.4, -0.2) is 23.2 Å². The van der Waals surface area contributed by atoms with Crippen molar-refractivity contribution in [3.8, 4) is 0 Å². The molecular formula is C18H24N2O. The highest BCUT2D eigenvalue weighted by Crippen LogP contribution is 2.22. The first-order valence-electron chi connectivity index (χ1n) is 7.64. The van der Waals surface area contributed by atoms with Crippen LogP contribution in [0.5, 0.6) is 0 Å². The number of hydrogen-bond donors (Lipinski definition) is 2.